The van der Waals surface area contributed by atoms with Crippen molar-refractivity contribution in [1.82, 2.24) is 9.97 Å². The monoisotopic (exact) mass is 391 g/mol. The Bertz CT molecular complexity index is 899. The third kappa shape index (κ3) is 4.58. The molecule has 1 atom stereocenters. The third-order valence-corrected chi connectivity index (χ3v) is 6.18. The van der Waals surface area contributed by atoms with Crippen molar-refractivity contribution in [3.8, 4) is 0 Å². The minimum Gasteiger partial charge on any atom is -0.494 e. The Balaban J connectivity index is 1.64. The summed E-state index contributed by atoms with van der Waals surface area (Å²) in [7, 11) is 1.71. The predicted molar refractivity (Wildman–Crippen MR) is 120 cm³/mol. The Morgan fingerprint density at radius 1 is 1.24 bits per heavy atom. The lowest BCUT2D eigenvalue weighted by Gasteiger charge is -2.16. The molecule has 4 rings (SSSR count). The molecule has 0 saturated heterocycles. The van der Waals surface area contributed by atoms with Crippen LogP contribution in [0.1, 0.15) is 86.9 Å². The second-order valence-corrected chi connectivity index (χ2v) is 8.27. The summed E-state index contributed by atoms with van der Waals surface area (Å²) < 4.78 is 5.61. The molecule has 0 amide bonds. The van der Waals surface area contributed by atoms with E-state index in [2.05, 4.69) is 29.0 Å². The number of allylic oxidation sites excluding steroid dienone is 1. The maximum atomic E-state index is 5.61. The fourth-order valence-corrected chi connectivity index (χ4v) is 4.59. The summed E-state index contributed by atoms with van der Waals surface area (Å²) in [5, 5.41) is 0. The van der Waals surface area contributed by atoms with Gasteiger partial charge in [-0.1, -0.05) is 39.0 Å². The van der Waals surface area contributed by atoms with E-state index >= 15 is 0 Å². The van der Waals surface area contributed by atoms with Gasteiger partial charge in [-0.25, -0.2) is 4.99 Å². The topological polar surface area (TPSA) is 53.2 Å². The van der Waals surface area contributed by atoms with E-state index in [9.17, 15) is 0 Å². The van der Waals surface area contributed by atoms with Gasteiger partial charge in [-0.2, -0.15) is 0 Å². The first kappa shape index (κ1) is 19.8. The molecule has 0 aromatic carbocycles. The summed E-state index contributed by atoms with van der Waals surface area (Å²) in [6, 6.07) is 6.40. The van der Waals surface area contributed by atoms with E-state index in [0.717, 1.165) is 35.0 Å². The van der Waals surface area contributed by atoms with Crippen LogP contribution in [0.2, 0.25) is 0 Å². The number of methoxy groups -OCH3 is 1. The molecule has 2 aliphatic rings. The van der Waals surface area contributed by atoms with Gasteiger partial charge in [-0.15, -0.1) is 0 Å². The highest BCUT2D eigenvalue weighted by molar-refractivity contribution is 6.11. The van der Waals surface area contributed by atoms with Crippen LogP contribution in [0, 0.1) is 0 Å². The fourth-order valence-electron chi connectivity index (χ4n) is 4.59. The number of rotatable bonds is 6. The van der Waals surface area contributed by atoms with E-state index in [4.69, 9.17) is 9.73 Å². The van der Waals surface area contributed by atoms with Crippen molar-refractivity contribution < 1.29 is 4.74 Å². The SMILES string of the molecule is CCCC[C@@H]1CCCCCCc2[nH]c(C=C3N=C(c4ccc[nH]4)C=C3OC)cc21. The van der Waals surface area contributed by atoms with Crippen LogP contribution in [0.15, 0.2) is 46.9 Å². The lowest BCUT2D eigenvalue weighted by Crippen LogP contribution is -2.01. The average Bonchev–Trinajstić information content (AvgIpc) is 3.46. The van der Waals surface area contributed by atoms with Crippen LogP contribution < -0.4 is 0 Å². The Labute approximate surface area is 174 Å². The highest BCUT2D eigenvalue weighted by Gasteiger charge is 2.21. The lowest BCUT2D eigenvalue weighted by atomic mass is 9.89. The molecule has 4 nitrogen and oxygen atoms in total. The highest BCUT2D eigenvalue weighted by Crippen LogP contribution is 2.34. The van der Waals surface area contributed by atoms with Crippen molar-refractivity contribution in [2.45, 2.75) is 70.6 Å². The zero-order chi connectivity index (χ0) is 20.1. The molecule has 0 unspecified atom stereocenters. The fraction of sp³-hybridized carbons (Fsp3) is 0.480. The molecule has 0 fully saturated rings. The average molecular weight is 392 g/mol. The smallest absolute Gasteiger partial charge is 0.146 e. The van der Waals surface area contributed by atoms with Crippen molar-refractivity contribution in [3.63, 3.8) is 0 Å². The number of ether oxygens (including phenoxy) is 1. The Morgan fingerprint density at radius 2 is 2.14 bits per heavy atom. The zero-order valence-electron chi connectivity index (χ0n) is 17.8. The van der Waals surface area contributed by atoms with Gasteiger partial charge < -0.3 is 14.7 Å². The number of aromatic nitrogens is 2. The molecule has 0 radical (unpaired) electrons. The molecule has 154 valence electrons. The van der Waals surface area contributed by atoms with Crippen molar-refractivity contribution in [2.75, 3.05) is 7.11 Å². The number of unbranched alkanes of at least 4 members (excludes halogenated alkanes) is 1. The molecule has 0 bridgehead atoms. The summed E-state index contributed by atoms with van der Waals surface area (Å²) in [6.45, 7) is 2.29. The molecular weight excluding hydrogens is 358 g/mol. The zero-order valence-corrected chi connectivity index (χ0v) is 17.8. The number of aliphatic imine (C=N–C) groups is 1. The van der Waals surface area contributed by atoms with E-state index in [1.807, 2.05) is 24.4 Å². The first-order chi connectivity index (χ1) is 14.3. The summed E-state index contributed by atoms with van der Waals surface area (Å²) in [4.78, 5) is 11.8. The van der Waals surface area contributed by atoms with E-state index < -0.39 is 0 Å². The Kier molecular flexibility index (Phi) is 6.38. The van der Waals surface area contributed by atoms with E-state index in [0.29, 0.717) is 5.92 Å². The normalized spacial score (nSPS) is 21.2. The summed E-state index contributed by atoms with van der Waals surface area (Å²) >= 11 is 0. The van der Waals surface area contributed by atoms with Gasteiger partial charge in [0.15, 0.2) is 0 Å². The number of H-pyrrole nitrogens is 2. The molecule has 1 aliphatic heterocycles. The lowest BCUT2D eigenvalue weighted by molar-refractivity contribution is 0.303. The number of nitrogens with one attached hydrogen (secondary N) is 2. The van der Waals surface area contributed by atoms with Gasteiger partial charge in [0.2, 0.25) is 0 Å². The van der Waals surface area contributed by atoms with Crippen molar-refractivity contribution >= 4 is 11.8 Å². The van der Waals surface area contributed by atoms with Gasteiger partial charge in [-0.05, 0) is 61.4 Å². The van der Waals surface area contributed by atoms with Gasteiger partial charge in [0, 0.05) is 23.7 Å². The first-order valence-corrected chi connectivity index (χ1v) is 11.2. The first-order valence-electron chi connectivity index (χ1n) is 11.2. The molecular formula is C25H33N3O. The standard InChI is InChI=1S/C25H33N3O/c1-3-4-10-18-11-7-5-6-8-12-21-20(18)15-19(27-21)16-24-25(29-2)17-23(28-24)22-13-9-14-26-22/h9,13-18,26-27H,3-8,10-12H2,1-2H3/t18-/m1/s1. The van der Waals surface area contributed by atoms with Crippen LogP contribution in [0.3, 0.4) is 0 Å². The summed E-state index contributed by atoms with van der Waals surface area (Å²) in [5.74, 6) is 1.50. The molecule has 0 spiro atoms. The number of nitrogens with zero attached hydrogens (tertiary/aromatic N) is 1. The Hall–Kier alpha value is -2.49. The van der Waals surface area contributed by atoms with Crippen LogP contribution in [-0.4, -0.2) is 22.8 Å². The minimum absolute atomic E-state index is 0.686. The number of hydrogen-bond donors (Lipinski definition) is 2. The number of fused-ring (bicyclic) bond motifs is 1. The molecule has 3 heterocycles. The summed E-state index contributed by atoms with van der Waals surface area (Å²) in [5.41, 5.74) is 6.94. The van der Waals surface area contributed by atoms with Crippen LogP contribution in [-0.2, 0) is 11.2 Å². The Morgan fingerprint density at radius 3 is 2.93 bits per heavy atom. The van der Waals surface area contributed by atoms with Gasteiger partial charge in [0.05, 0.1) is 18.5 Å². The number of aryl methyl sites for hydroxylation is 1. The largest absolute Gasteiger partial charge is 0.494 e. The van der Waals surface area contributed by atoms with Crippen molar-refractivity contribution in [3.05, 3.63) is 64.6 Å². The van der Waals surface area contributed by atoms with Crippen LogP contribution in [0.4, 0.5) is 0 Å². The maximum Gasteiger partial charge on any atom is 0.146 e. The van der Waals surface area contributed by atoms with Crippen LogP contribution in [0.5, 0.6) is 0 Å². The van der Waals surface area contributed by atoms with Gasteiger partial charge in [0.25, 0.3) is 0 Å². The van der Waals surface area contributed by atoms with E-state index in [1.54, 1.807) is 12.7 Å². The van der Waals surface area contributed by atoms with Crippen LogP contribution >= 0.6 is 0 Å². The van der Waals surface area contributed by atoms with Gasteiger partial charge in [0.1, 0.15) is 11.5 Å². The molecule has 2 aromatic rings. The second-order valence-electron chi connectivity index (χ2n) is 8.27. The molecule has 4 heteroatoms. The summed E-state index contributed by atoms with van der Waals surface area (Å²) in [6.07, 6.45) is 17.8. The maximum absolute atomic E-state index is 5.61. The number of aromatic amines is 2. The van der Waals surface area contributed by atoms with Crippen LogP contribution in [0.25, 0.3) is 6.08 Å². The molecule has 29 heavy (non-hydrogen) atoms. The quantitative estimate of drug-likeness (QED) is 0.580. The predicted octanol–water partition coefficient (Wildman–Crippen LogP) is 6.50. The van der Waals surface area contributed by atoms with Crippen molar-refractivity contribution in [2.24, 2.45) is 4.99 Å². The van der Waals surface area contributed by atoms with E-state index in [1.165, 1.54) is 57.1 Å². The molecule has 1 aliphatic carbocycles. The number of hydrogen-bond acceptors (Lipinski definition) is 2. The van der Waals surface area contributed by atoms with Crippen molar-refractivity contribution in [1.29, 1.82) is 0 Å². The third-order valence-electron chi connectivity index (χ3n) is 6.18. The minimum atomic E-state index is 0.686. The van der Waals surface area contributed by atoms with Gasteiger partial charge >= 0.3 is 0 Å². The van der Waals surface area contributed by atoms with Gasteiger partial charge in [-0.3, -0.25) is 0 Å². The molecule has 0 saturated carbocycles. The molecule has 2 N–H and O–H groups in total. The molecule has 2 aromatic heterocycles. The highest BCUT2D eigenvalue weighted by atomic mass is 16.5. The second kappa shape index (κ2) is 9.34. The van der Waals surface area contributed by atoms with E-state index in [-0.39, 0.29) is 0 Å².